The predicted molar refractivity (Wildman–Crippen MR) is 77.6 cm³/mol. The number of benzene rings is 1. The van der Waals surface area contributed by atoms with Gasteiger partial charge < -0.3 is 10.1 Å². The van der Waals surface area contributed by atoms with E-state index in [0.29, 0.717) is 6.07 Å². The molecule has 0 bridgehead atoms. The van der Waals surface area contributed by atoms with Crippen LogP contribution in [0.25, 0.3) is 0 Å². The fourth-order valence-corrected chi connectivity index (χ4v) is 1.63. The van der Waals surface area contributed by atoms with Gasteiger partial charge >= 0.3 is 6.09 Å². The summed E-state index contributed by atoms with van der Waals surface area (Å²) in [6.07, 6.45) is -0.950. The van der Waals surface area contributed by atoms with Crippen molar-refractivity contribution in [2.75, 3.05) is 26.0 Å². The second kappa shape index (κ2) is 8.29. The third-order valence-electron chi connectivity index (χ3n) is 3.15. The quantitative estimate of drug-likeness (QED) is 0.783. The normalized spacial score (nSPS) is 11.8. The van der Waals surface area contributed by atoms with Gasteiger partial charge in [-0.3, -0.25) is 19.8 Å². The van der Waals surface area contributed by atoms with E-state index in [2.05, 4.69) is 10.1 Å². The van der Waals surface area contributed by atoms with E-state index in [9.17, 15) is 27.6 Å². The van der Waals surface area contributed by atoms with Crippen molar-refractivity contribution in [1.29, 1.82) is 0 Å². The van der Waals surface area contributed by atoms with Crippen LogP contribution in [0.5, 0.6) is 0 Å². The van der Waals surface area contributed by atoms with Gasteiger partial charge in [0.15, 0.2) is 17.5 Å². The van der Waals surface area contributed by atoms with Crippen LogP contribution in [0.15, 0.2) is 12.1 Å². The van der Waals surface area contributed by atoms with Crippen molar-refractivity contribution in [3.63, 3.8) is 0 Å². The van der Waals surface area contributed by atoms with Crippen molar-refractivity contribution in [3.05, 3.63) is 29.6 Å². The molecule has 0 aliphatic rings. The monoisotopic (exact) mass is 347 g/mol. The first-order chi connectivity index (χ1) is 11.2. The number of hydrogen-bond donors (Lipinski definition) is 2. The summed E-state index contributed by atoms with van der Waals surface area (Å²) >= 11 is 0. The van der Waals surface area contributed by atoms with E-state index in [4.69, 9.17) is 0 Å². The Morgan fingerprint density at radius 2 is 1.83 bits per heavy atom. The molecule has 0 aromatic heterocycles. The van der Waals surface area contributed by atoms with Crippen molar-refractivity contribution in [1.82, 2.24) is 10.2 Å². The van der Waals surface area contributed by atoms with Crippen molar-refractivity contribution in [2.45, 2.75) is 13.0 Å². The number of anilines is 1. The minimum Gasteiger partial charge on any atom is -0.453 e. The zero-order chi connectivity index (χ0) is 18.4. The first kappa shape index (κ1) is 19.4. The number of nitrogens with one attached hydrogen (secondary N) is 2. The SMILES string of the molecule is COC(=O)NC(=O)[C@@H](C)N(C)CC(=O)Nc1ccc(F)c(F)c1F. The molecule has 10 heteroatoms. The highest BCUT2D eigenvalue weighted by molar-refractivity contribution is 5.96. The van der Waals surface area contributed by atoms with E-state index < -0.39 is 47.1 Å². The van der Waals surface area contributed by atoms with Gasteiger partial charge in [-0.15, -0.1) is 0 Å². The summed E-state index contributed by atoms with van der Waals surface area (Å²) in [5, 5.41) is 4.00. The molecule has 0 heterocycles. The Balaban J connectivity index is 2.66. The van der Waals surface area contributed by atoms with Gasteiger partial charge in [-0.1, -0.05) is 0 Å². The lowest BCUT2D eigenvalue weighted by atomic mass is 10.2. The molecule has 0 spiro atoms. The van der Waals surface area contributed by atoms with Crippen molar-refractivity contribution in [2.24, 2.45) is 0 Å². The van der Waals surface area contributed by atoms with Crippen molar-refractivity contribution >= 4 is 23.6 Å². The number of carbonyl (C=O) groups excluding carboxylic acids is 3. The van der Waals surface area contributed by atoms with Crippen LogP contribution in [0.3, 0.4) is 0 Å². The number of ether oxygens (including phenoxy) is 1. The molecule has 1 aromatic carbocycles. The number of carbonyl (C=O) groups is 3. The van der Waals surface area contributed by atoms with Crippen LogP contribution in [0, 0.1) is 17.5 Å². The second-order valence-corrected chi connectivity index (χ2v) is 4.84. The molecule has 0 unspecified atom stereocenters. The maximum atomic E-state index is 13.5. The number of alkyl carbamates (subject to hydrolysis) is 1. The lowest BCUT2D eigenvalue weighted by Crippen LogP contribution is -2.47. The summed E-state index contributed by atoms with van der Waals surface area (Å²) in [4.78, 5) is 35.7. The number of amides is 3. The molecule has 0 aliphatic heterocycles. The fourth-order valence-electron chi connectivity index (χ4n) is 1.63. The second-order valence-electron chi connectivity index (χ2n) is 4.84. The molecular weight excluding hydrogens is 331 g/mol. The minimum atomic E-state index is -1.70. The largest absolute Gasteiger partial charge is 0.453 e. The molecule has 3 amide bonds. The summed E-state index contributed by atoms with van der Waals surface area (Å²) in [7, 11) is 2.49. The van der Waals surface area contributed by atoms with Gasteiger partial charge in [-0.05, 0) is 26.1 Å². The fraction of sp³-hybridized carbons (Fsp3) is 0.357. The summed E-state index contributed by atoms with van der Waals surface area (Å²) < 4.78 is 43.6. The molecule has 132 valence electrons. The predicted octanol–water partition coefficient (Wildman–Crippen LogP) is 1.25. The molecule has 1 atom stereocenters. The first-order valence-corrected chi connectivity index (χ1v) is 6.69. The molecule has 0 radical (unpaired) electrons. The van der Waals surface area contributed by atoms with Gasteiger partial charge in [-0.25, -0.2) is 18.0 Å². The van der Waals surface area contributed by atoms with Crippen LogP contribution in [0.1, 0.15) is 6.92 Å². The van der Waals surface area contributed by atoms with Gasteiger partial charge in [0.25, 0.3) is 0 Å². The molecule has 1 rings (SSSR count). The van der Waals surface area contributed by atoms with Gasteiger partial charge in [0.05, 0.1) is 25.4 Å². The summed E-state index contributed by atoms with van der Waals surface area (Å²) in [5.74, 6) is -6.08. The highest BCUT2D eigenvalue weighted by atomic mass is 19.2. The Kier molecular flexibility index (Phi) is 6.71. The highest BCUT2D eigenvalue weighted by Gasteiger charge is 2.23. The number of likely N-dealkylation sites (N-methyl/N-ethyl adjacent to an activating group) is 1. The number of nitrogens with zero attached hydrogens (tertiary/aromatic N) is 1. The summed E-state index contributed by atoms with van der Waals surface area (Å²) in [6.45, 7) is 1.05. The molecule has 0 saturated heterocycles. The zero-order valence-electron chi connectivity index (χ0n) is 13.2. The zero-order valence-corrected chi connectivity index (χ0v) is 13.2. The Morgan fingerprint density at radius 1 is 1.21 bits per heavy atom. The topological polar surface area (TPSA) is 87.7 Å². The maximum Gasteiger partial charge on any atom is 0.413 e. The van der Waals surface area contributed by atoms with E-state index in [1.54, 1.807) is 0 Å². The highest BCUT2D eigenvalue weighted by Crippen LogP contribution is 2.19. The molecule has 7 nitrogen and oxygen atoms in total. The maximum absolute atomic E-state index is 13.5. The number of hydrogen-bond acceptors (Lipinski definition) is 5. The van der Waals surface area contributed by atoms with Crippen molar-refractivity contribution < 1.29 is 32.3 Å². The van der Waals surface area contributed by atoms with Crippen molar-refractivity contribution in [3.8, 4) is 0 Å². The molecule has 0 fully saturated rings. The number of imide groups is 1. The third kappa shape index (κ3) is 4.95. The lowest BCUT2D eigenvalue weighted by Gasteiger charge is -2.22. The third-order valence-corrected chi connectivity index (χ3v) is 3.15. The van der Waals surface area contributed by atoms with E-state index in [0.717, 1.165) is 13.2 Å². The Labute approximate surface area is 135 Å². The van der Waals surface area contributed by atoms with Gasteiger partial charge in [0.1, 0.15) is 0 Å². The van der Waals surface area contributed by atoms with E-state index in [1.165, 1.54) is 18.9 Å². The number of halogens is 3. The van der Waals surface area contributed by atoms with Crippen LogP contribution in [0.4, 0.5) is 23.7 Å². The molecule has 24 heavy (non-hydrogen) atoms. The van der Waals surface area contributed by atoms with Gasteiger partial charge in [0.2, 0.25) is 11.8 Å². The average Bonchev–Trinajstić information content (AvgIpc) is 2.54. The standard InChI is InChI=1S/C14H16F3N3O4/c1-7(13(22)19-14(23)24-3)20(2)6-10(21)18-9-5-4-8(15)11(16)12(9)17/h4-5,7H,6H2,1-3H3,(H,18,21)(H,19,22,23)/t7-/m1/s1. The van der Waals surface area contributed by atoms with Gasteiger partial charge in [0, 0.05) is 0 Å². The molecule has 0 saturated carbocycles. The average molecular weight is 347 g/mol. The first-order valence-electron chi connectivity index (χ1n) is 6.69. The molecule has 0 aliphatic carbocycles. The minimum absolute atomic E-state index is 0.367. The van der Waals surface area contributed by atoms with Crippen LogP contribution < -0.4 is 10.6 Å². The van der Waals surface area contributed by atoms with E-state index in [-0.39, 0.29) is 6.54 Å². The van der Waals surface area contributed by atoms with Crippen LogP contribution in [0.2, 0.25) is 0 Å². The smallest absolute Gasteiger partial charge is 0.413 e. The van der Waals surface area contributed by atoms with Crippen LogP contribution in [-0.2, 0) is 14.3 Å². The lowest BCUT2D eigenvalue weighted by molar-refractivity contribution is -0.125. The molecule has 1 aromatic rings. The van der Waals surface area contributed by atoms with Gasteiger partial charge in [-0.2, -0.15) is 0 Å². The summed E-state index contributed by atoms with van der Waals surface area (Å²) in [6, 6.07) is 0.660. The molecular formula is C14H16F3N3O4. The Bertz CT molecular complexity index is 654. The summed E-state index contributed by atoms with van der Waals surface area (Å²) in [5.41, 5.74) is -0.529. The Hall–Kier alpha value is -2.62. The van der Waals surface area contributed by atoms with E-state index in [1.807, 2.05) is 5.32 Å². The van der Waals surface area contributed by atoms with Crippen LogP contribution >= 0.6 is 0 Å². The van der Waals surface area contributed by atoms with E-state index >= 15 is 0 Å². The molecule has 2 N–H and O–H groups in total. The Morgan fingerprint density at radius 3 is 2.42 bits per heavy atom. The number of rotatable bonds is 5. The van der Waals surface area contributed by atoms with Crippen LogP contribution in [-0.4, -0.2) is 49.6 Å². The number of methoxy groups -OCH3 is 1.